The van der Waals surface area contributed by atoms with Crippen molar-refractivity contribution in [2.45, 2.75) is 39.8 Å². The molecule has 116 valence electrons. The topological polar surface area (TPSA) is 65.8 Å². The summed E-state index contributed by atoms with van der Waals surface area (Å²) in [4.78, 5) is 17.1. The Morgan fingerprint density at radius 1 is 1.36 bits per heavy atom. The van der Waals surface area contributed by atoms with E-state index in [9.17, 15) is 4.79 Å². The highest BCUT2D eigenvalue weighted by molar-refractivity contribution is 7.13. The van der Waals surface area contributed by atoms with Crippen molar-refractivity contribution in [3.63, 3.8) is 0 Å². The molecule has 0 unspecified atom stereocenters. The monoisotopic (exact) mass is 318 g/mol. The first kappa shape index (κ1) is 14.8. The molecule has 0 aromatic carbocycles. The third-order valence-electron chi connectivity index (χ3n) is 3.32. The number of hydrogen-bond acceptors (Lipinski definition) is 5. The average molecular weight is 318 g/mol. The largest absolute Gasteiger partial charge is 0.472 e. The molecule has 0 amide bonds. The summed E-state index contributed by atoms with van der Waals surface area (Å²) >= 11 is 1.54. The Morgan fingerprint density at radius 3 is 2.73 bits per heavy atom. The fourth-order valence-electron chi connectivity index (χ4n) is 2.17. The lowest BCUT2D eigenvalue weighted by Gasteiger charge is -2.16. The molecule has 0 spiro atoms. The van der Waals surface area contributed by atoms with Gasteiger partial charge in [-0.25, -0.2) is 14.5 Å². The molecule has 0 aliphatic rings. The minimum Gasteiger partial charge on any atom is -0.472 e. The van der Waals surface area contributed by atoms with Crippen molar-refractivity contribution >= 4 is 11.3 Å². The Bertz CT molecular complexity index is 834. The number of thiazole rings is 1. The molecule has 3 aromatic rings. The van der Waals surface area contributed by atoms with E-state index < -0.39 is 0 Å². The van der Waals surface area contributed by atoms with Crippen molar-refractivity contribution in [3.8, 4) is 10.6 Å². The Labute approximate surface area is 132 Å². The number of hydrogen-bond donors (Lipinski definition) is 0. The van der Waals surface area contributed by atoms with Crippen LogP contribution in [-0.4, -0.2) is 19.3 Å². The van der Waals surface area contributed by atoms with Crippen molar-refractivity contribution in [2.75, 3.05) is 0 Å². The van der Waals surface area contributed by atoms with E-state index in [0.717, 1.165) is 16.3 Å². The summed E-state index contributed by atoms with van der Waals surface area (Å²) in [5.41, 5.74) is 1.35. The molecule has 0 fully saturated rings. The number of aromatic nitrogens is 4. The fourth-order valence-corrected chi connectivity index (χ4v) is 2.97. The lowest BCUT2D eigenvalue weighted by Crippen LogP contribution is -2.36. The summed E-state index contributed by atoms with van der Waals surface area (Å²) in [5.74, 6) is 0.692. The molecule has 0 aliphatic heterocycles. The fraction of sp³-hybridized carbons (Fsp3) is 0.400. The number of aryl methyl sites for hydroxylation is 1. The molecular weight excluding hydrogens is 300 g/mol. The lowest BCUT2D eigenvalue weighted by molar-refractivity contribution is 0.340. The van der Waals surface area contributed by atoms with Gasteiger partial charge < -0.3 is 4.42 Å². The Kier molecular flexibility index (Phi) is 3.52. The summed E-state index contributed by atoms with van der Waals surface area (Å²) in [6, 6.07) is 1.87. The molecule has 7 heteroatoms. The van der Waals surface area contributed by atoms with Gasteiger partial charge in [0.05, 0.1) is 24.0 Å². The van der Waals surface area contributed by atoms with E-state index in [2.05, 4.69) is 10.1 Å². The van der Waals surface area contributed by atoms with Crippen LogP contribution in [0.25, 0.3) is 10.6 Å². The van der Waals surface area contributed by atoms with Crippen molar-refractivity contribution in [2.24, 2.45) is 0 Å². The minimum atomic E-state index is -0.336. The van der Waals surface area contributed by atoms with Crippen molar-refractivity contribution in [1.82, 2.24) is 19.3 Å². The molecule has 0 bridgehead atoms. The van der Waals surface area contributed by atoms with E-state index in [-0.39, 0.29) is 11.2 Å². The Hall–Kier alpha value is -2.15. The molecular formula is C15H18N4O2S. The van der Waals surface area contributed by atoms with E-state index in [1.807, 2.05) is 39.1 Å². The van der Waals surface area contributed by atoms with E-state index >= 15 is 0 Å². The summed E-state index contributed by atoms with van der Waals surface area (Å²) in [6.45, 7) is 8.16. The van der Waals surface area contributed by atoms with Crippen LogP contribution in [0.3, 0.4) is 0 Å². The van der Waals surface area contributed by atoms with Crippen LogP contribution in [0.5, 0.6) is 0 Å². The van der Waals surface area contributed by atoms with E-state index in [1.165, 1.54) is 16.0 Å². The second-order valence-corrected chi connectivity index (χ2v) is 7.01. The number of furan rings is 1. The zero-order valence-electron chi connectivity index (χ0n) is 13.0. The van der Waals surface area contributed by atoms with Gasteiger partial charge in [-0.05, 0) is 33.8 Å². The minimum absolute atomic E-state index is 0.108. The molecule has 22 heavy (non-hydrogen) atoms. The molecule has 6 nitrogen and oxygen atoms in total. The quantitative estimate of drug-likeness (QED) is 0.745. The second-order valence-electron chi connectivity index (χ2n) is 6.15. The number of nitrogens with zero attached hydrogens (tertiary/aromatic N) is 4. The van der Waals surface area contributed by atoms with Gasteiger partial charge in [0, 0.05) is 10.9 Å². The summed E-state index contributed by atoms with van der Waals surface area (Å²) in [7, 11) is 0. The first-order valence-corrected chi connectivity index (χ1v) is 7.88. The van der Waals surface area contributed by atoms with Crippen LogP contribution in [0.15, 0.2) is 33.2 Å². The van der Waals surface area contributed by atoms with Crippen molar-refractivity contribution in [3.05, 3.63) is 46.0 Å². The molecule has 0 aliphatic carbocycles. The van der Waals surface area contributed by atoms with Gasteiger partial charge in [-0.1, -0.05) is 0 Å². The highest BCUT2D eigenvalue weighted by Gasteiger charge is 2.21. The predicted molar refractivity (Wildman–Crippen MR) is 85.1 cm³/mol. The van der Waals surface area contributed by atoms with Crippen LogP contribution in [0.2, 0.25) is 0 Å². The smallest absolute Gasteiger partial charge is 0.346 e. The Morgan fingerprint density at radius 2 is 2.14 bits per heavy atom. The first-order chi connectivity index (χ1) is 10.4. The van der Waals surface area contributed by atoms with E-state index in [4.69, 9.17) is 4.42 Å². The van der Waals surface area contributed by atoms with Crippen LogP contribution in [0.1, 0.15) is 32.3 Å². The van der Waals surface area contributed by atoms with Gasteiger partial charge >= 0.3 is 5.69 Å². The van der Waals surface area contributed by atoms with Crippen LogP contribution in [0.4, 0.5) is 0 Å². The maximum absolute atomic E-state index is 12.5. The van der Waals surface area contributed by atoms with Crippen LogP contribution >= 0.6 is 11.3 Å². The van der Waals surface area contributed by atoms with E-state index in [0.29, 0.717) is 12.4 Å². The van der Waals surface area contributed by atoms with Crippen molar-refractivity contribution in [1.29, 1.82) is 0 Å². The standard InChI is InChI=1S/C15H18N4O2S/c1-10-17-19(15(2,3)4)14(20)18(10)7-12-9-22-13(16-12)11-5-6-21-8-11/h5-6,8-9H,7H2,1-4H3. The summed E-state index contributed by atoms with van der Waals surface area (Å²) in [5, 5.41) is 7.21. The third kappa shape index (κ3) is 2.64. The van der Waals surface area contributed by atoms with E-state index in [1.54, 1.807) is 17.1 Å². The summed E-state index contributed by atoms with van der Waals surface area (Å²) < 4.78 is 8.25. The highest BCUT2D eigenvalue weighted by atomic mass is 32.1. The number of rotatable bonds is 3. The van der Waals surface area contributed by atoms with Crippen LogP contribution < -0.4 is 5.69 Å². The van der Waals surface area contributed by atoms with Crippen LogP contribution in [-0.2, 0) is 12.1 Å². The highest BCUT2D eigenvalue weighted by Crippen LogP contribution is 2.24. The molecule has 0 saturated heterocycles. The molecule has 0 atom stereocenters. The van der Waals surface area contributed by atoms with Gasteiger partial charge in [0.1, 0.15) is 17.1 Å². The predicted octanol–water partition coefficient (Wildman–Crippen LogP) is 2.87. The second kappa shape index (κ2) is 5.24. The zero-order valence-corrected chi connectivity index (χ0v) is 13.8. The molecule has 0 N–H and O–H groups in total. The SMILES string of the molecule is Cc1nn(C(C)(C)C)c(=O)n1Cc1csc(-c2ccoc2)n1. The maximum atomic E-state index is 12.5. The molecule has 0 saturated carbocycles. The third-order valence-corrected chi connectivity index (χ3v) is 4.26. The van der Waals surface area contributed by atoms with Gasteiger partial charge in [-0.15, -0.1) is 11.3 Å². The molecule has 3 rings (SSSR count). The zero-order chi connectivity index (χ0) is 15.9. The molecule has 3 aromatic heterocycles. The molecule has 0 radical (unpaired) electrons. The van der Waals surface area contributed by atoms with Crippen molar-refractivity contribution < 1.29 is 4.42 Å². The van der Waals surface area contributed by atoms with Gasteiger partial charge in [0.25, 0.3) is 0 Å². The van der Waals surface area contributed by atoms with Crippen LogP contribution in [0, 0.1) is 6.92 Å². The maximum Gasteiger partial charge on any atom is 0.346 e. The van der Waals surface area contributed by atoms with Gasteiger partial charge in [-0.3, -0.25) is 4.57 Å². The van der Waals surface area contributed by atoms with Gasteiger partial charge in [-0.2, -0.15) is 5.10 Å². The average Bonchev–Trinajstić information content (AvgIpc) is 3.13. The first-order valence-electron chi connectivity index (χ1n) is 7.00. The lowest BCUT2D eigenvalue weighted by atomic mass is 10.1. The van der Waals surface area contributed by atoms with Gasteiger partial charge in [0.2, 0.25) is 0 Å². The summed E-state index contributed by atoms with van der Waals surface area (Å²) in [6.07, 6.45) is 3.29. The normalized spacial score (nSPS) is 12.0. The Balaban J connectivity index is 1.91. The molecule has 3 heterocycles. The van der Waals surface area contributed by atoms with Gasteiger partial charge in [0.15, 0.2) is 0 Å².